The Morgan fingerprint density at radius 3 is 2.07 bits per heavy atom. The first-order chi connectivity index (χ1) is 14.1. The molecule has 150 valence electrons. The number of hydrogen-bond acceptors (Lipinski definition) is 2. The van der Waals surface area contributed by atoms with Crippen LogP contribution in [0.2, 0.25) is 0 Å². The van der Waals surface area contributed by atoms with E-state index in [4.69, 9.17) is 4.74 Å². The molecule has 0 aliphatic heterocycles. The lowest BCUT2D eigenvalue weighted by Gasteiger charge is -2.25. The van der Waals surface area contributed by atoms with Gasteiger partial charge in [0.15, 0.2) is 0 Å². The van der Waals surface area contributed by atoms with E-state index in [1.807, 2.05) is 71.6 Å². The predicted molar refractivity (Wildman–Crippen MR) is 113 cm³/mol. The molecule has 0 saturated carbocycles. The molecule has 1 amide bonds. The Labute approximate surface area is 171 Å². The first-order valence-electron chi connectivity index (χ1n) is 9.75. The van der Waals surface area contributed by atoms with Crippen LogP contribution in [-0.4, -0.2) is 24.5 Å². The smallest absolute Gasteiger partial charge is 0.219 e. The third-order valence-electron chi connectivity index (χ3n) is 5.14. The minimum Gasteiger partial charge on any atom is -0.497 e. The molecule has 1 atom stereocenters. The summed E-state index contributed by atoms with van der Waals surface area (Å²) in [4.78, 5) is 14.1. The Hall–Kier alpha value is -3.14. The normalized spacial score (nSPS) is 11.7. The Kier molecular flexibility index (Phi) is 7.01. The molecule has 3 nitrogen and oxygen atoms in total. The Morgan fingerprint density at radius 1 is 0.931 bits per heavy atom. The van der Waals surface area contributed by atoms with Crippen LogP contribution in [0.4, 0.5) is 4.39 Å². The zero-order valence-corrected chi connectivity index (χ0v) is 16.8. The van der Waals surface area contributed by atoms with Crippen LogP contribution in [-0.2, 0) is 11.3 Å². The summed E-state index contributed by atoms with van der Waals surface area (Å²) in [5.74, 6) is 0.637. The van der Waals surface area contributed by atoms with Crippen molar-refractivity contribution in [2.75, 3.05) is 13.7 Å². The largest absolute Gasteiger partial charge is 0.497 e. The lowest BCUT2D eigenvalue weighted by atomic mass is 9.88. The molecule has 0 radical (unpaired) electrons. The van der Waals surface area contributed by atoms with Crippen molar-refractivity contribution in [3.63, 3.8) is 0 Å². The summed E-state index contributed by atoms with van der Waals surface area (Å²) in [6.45, 7) is 2.79. The average molecular weight is 391 g/mol. The van der Waals surface area contributed by atoms with Crippen LogP contribution in [0.15, 0.2) is 78.9 Å². The van der Waals surface area contributed by atoms with E-state index >= 15 is 0 Å². The Morgan fingerprint density at radius 2 is 1.52 bits per heavy atom. The summed E-state index contributed by atoms with van der Waals surface area (Å²) < 4.78 is 18.7. The van der Waals surface area contributed by atoms with E-state index < -0.39 is 0 Å². The highest BCUT2D eigenvalue weighted by molar-refractivity contribution is 5.73. The van der Waals surface area contributed by atoms with E-state index in [1.165, 1.54) is 12.1 Å². The topological polar surface area (TPSA) is 29.5 Å². The fraction of sp³-hybridized carbons (Fsp3) is 0.240. The summed E-state index contributed by atoms with van der Waals surface area (Å²) in [5, 5.41) is 0. The van der Waals surface area contributed by atoms with Gasteiger partial charge in [0.2, 0.25) is 5.91 Å². The number of nitrogens with zero attached hydrogens (tertiary/aromatic N) is 1. The van der Waals surface area contributed by atoms with Crippen molar-refractivity contribution in [3.05, 3.63) is 101 Å². The first-order valence-corrected chi connectivity index (χ1v) is 9.75. The molecular weight excluding hydrogens is 365 g/mol. The first kappa shape index (κ1) is 20.6. The highest BCUT2D eigenvalue weighted by atomic mass is 19.1. The Balaban J connectivity index is 1.81. The van der Waals surface area contributed by atoms with Crippen LogP contribution in [0.3, 0.4) is 0 Å². The lowest BCUT2D eigenvalue weighted by molar-refractivity contribution is -0.129. The molecule has 3 aromatic carbocycles. The van der Waals surface area contributed by atoms with E-state index in [0.717, 1.165) is 28.9 Å². The number of ether oxygens (including phenoxy) is 1. The lowest BCUT2D eigenvalue weighted by Crippen LogP contribution is -2.30. The number of halogens is 1. The second-order valence-corrected chi connectivity index (χ2v) is 7.09. The van der Waals surface area contributed by atoms with Crippen LogP contribution in [0.1, 0.15) is 36.0 Å². The van der Waals surface area contributed by atoms with E-state index in [2.05, 4.69) is 0 Å². The fourth-order valence-corrected chi connectivity index (χ4v) is 3.49. The van der Waals surface area contributed by atoms with Gasteiger partial charge in [-0.3, -0.25) is 4.79 Å². The van der Waals surface area contributed by atoms with Crippen molar-refractivity contribution in [1.29, 1.82) is 0 Å². The molecule has 0 fully saturated rings. The maximum Gasteiger partial charge on any atom is 0.219 e. The van der Waals surface area contributed by atoms with Gasteiger partial charge in [0.1, 0.15) is 11.6 Å². The molecule has 0 unspecified atom stereocenters. The number of carbonyl (C=O) groups excluding carboxylic acids is 1. The molecule has 0 aromatic heterocycles. The van der Waals surface area contributed by atoms with Crippen molar-refractivity contribution < 1.29 is 13.9 Å². The zero-order chi connectivity index (χ0) is 20.6. The highest BCUT2D eigenvalue weighted by Gasteiger charge is 2.18. The van der Waals surface area contributed by atoms with Crippen molar-refractivity contribution in [3.8, 4) is 5.75 Å². The zero-order valence-electron chi connectivity index (χ0n) is 16.8. The molecule has 29 heavy (non-hydrogen) atoms. The number of benzene rings is 3. The molecule has 0 N–H and O–H groups in total. The van der Waals surface area contributed by atoms with Crippen LogP contribution >= 0.6 is 0 Å². The van der Waals surface area contributed by atoms with Gasteiger partial charge >= 0.3 is 0 Å². The van der Waals surface area contributed by atoms with Crippen LogP contribution in [0.25, 0.3) is 0 Å². The van der Waals surface area contributed by atoms with Gasteiger partial charge in [-0.2, -0.15) is 0 Å². The van der Waals surface area contributed by atoms with Crippen molar-refractivity contribution in [1.82, 2.24) is 4.90 Å². The monoisotopic (exact) mass is 391 g/mol. The third-order valence-corrected chi connectivity index (χ3v) is 5.14. The number of rotatable bonds is 8. The SMILES string of the molecule is COc1ccc([C@@H](CCN(Cc2ccccc2)C(C)=O)c2ccc(F)cc2)cc1. The van der Waals surface area contributed by atoms with E-state index in [9.17, 15) is 9.18 Å². The molecule has 0 bridgehead atoms. The van der Waals surface area contributed by atoms with Gasteiger partial charge in [0.25, 0.3) is 0 Å². The van der Waals surface area contributed by atoms with Crippen LogP contribution in [0.5, 0.6) is 5.75 Å². The average Bonchev–Trinajstić information content (AvgIpc) is 2.75. The molecule has 0 spiro atoms. The molecule has 0 aliphatic carbocycles. The van der Waals surface area contributed by atoms with Gasteiger partial charge in [-0.15, -0.1) is 0 Å². The minimum atomic E-state index is -0.253. The quantitative estimate of drug-likeness (QED) is 0.514. The van der Waals surface area contributed by atoms with Gasteiger partial charge in [-0.25, -0.2) is 4.39 Å². The number of hydrogen-bond donors (Lipinski definition) is 0. The van der Waals surface area contributed by atoms with Gasteiger partial charge < -0.3 is 9.64 Å². The van der Waals surface area contributed by atoms with Crippen molar-refractivity contribution >= 4 is 5.91 Å². The molecule has 3 aromatic rings. The maximum atomic E-state index is 13.4. The fourth-order valence-electron chi connectivity index (χ4n) is 3.49. The van der Waals surface area contributed by atoms with Crippen molar-refractivity contribution in [2.45, 2.75) is 25.8 Å². The van der Waals surface area contributed by atoms with Crippen LogP contribution in [0, 0.1) is 5.82 Å². The standard InChI is InChI=1S/C25H26FNO2/c1-19(28)27(18-20-6-4-3-5-7-20)17-16-25(21-8-12-23(26)13-9-21)22-10-14-24(29-2)15-11-22/h3-15,25H,16-18H2,1-2H3/t25-/m0/s1. The molecule has 3 rings (SSSR count). The molecular formula is C25H26FNO2. The number of amides is 1. The summed E-state index contributed by atoms with van der Waals surface area (Å²) in [6, 6.07) is 24.5. The molecule has 0 heterocycles. The van der Waals surface area contributed by atoms with Gasteiger partial charge in [-0.1, -0.05) is 54.6 Å². The van der Waals surface area contributed by atoms with E-state index in [1.54, 1.807) is 14.0 Å². The highest BCUT2D eigenvalue weighted by Crippen LogP contribution is 2.30. The molecule has 0 saturated heterocycles. The summed E-state index contributed by atoms with van der Waals surface area (Å²) in [7, 11) is 1.64. The van der Waals surface area contributed by atoms with Crippen LogP contribution < -0.4 is 4.74 Å². The number of methoxy groups -OCH3 is 1. The predicted octanol–water partition coefficient (Wildman–Crippen LogP) is 5.41. The van der Waals surface area contributed by atoms with Gasteiger partial charge in [-0.05, 0) is 47.4 Å². The summed E-state index contributed by atoms with van der Waals surface area (Å²) in [6.07, 6.45) is 0.740. The van der Waals surface area contributed by atoms with Crippen molar-refractivity contribution in [2.24, 2.45) is 0 Å². The maximum absolute atomic E-state index is 13.4. The van der Waals surface area contributed by atoms with Gasteiger partial charge in [0.05, 0.1) is 7.11 Å². The number of carbonyl (C=O) groups is 1. The second kappa shape index (κ2) is 9.87. The van der Waals surface area contributed by atoms with E-state index in [-0.39, 0.29) is 17.6 Å². The minimum absolute atomic E-state index is 0.0430. The van der Waals surface area contributed by atoms with Gasteiger partial charge in [0, 0.05) is 25.9 Å². The summed E-state index contributed by atoms with van der Waals surface area (Å²) >= 11 is 0. The molecule has 0 aliphatic rings. The second-order valence-electron chi connectivity index (χ2n) is 7.09. The molecule has 4 heteroatoms. The Bertz CT molecular complexity index is 908. The van der Waals surface area contributed by atoms with E-state index in [0.29, 0.717) is 13.1 Å². The summed E-state index contributed by atoms with van der Waals surface area (Å²) in [5.41, 5.74) is 3.24. The third kappa shape index (κ3) is 5.67.